The Kier molecular flexibility index (Phi) is 5.26. The lowest BCUT2D eigenvalue weighted by Crippen LogP contribution is -2.42. The third-order valence-electron chi connectivity index (χ3n) is 4.75. The molecule has 2 aromatic heterocycles. The molecule has 4 aromatic rings. The van der Waals surface area contributed by atoms with Crippen LogP contribution in [0, 0.1) is 0 Å². The number of methoxy groups -OCH3 is 1. The van der Waals surface area contributed by atoms with Gasteiger partial charge in [0, 0.05) is 17.4 Å². The molecule has 0 radical (unpaired) electrons. The molecule has 7 nitrogen and oxygen atoms in total. The highest BCUT2D eigenvalue weighted by Gasteiger charge is 2.23. The van der Waals surface area contributed by atoms with Crippen LogP contribution in [0.3, 0.4) is 0 Å². The maximum absolute atomic E-state index is 12.6. The summed E-state index contributed by atoms with van der Waals surface area (Å²) in [4.78, 5) is 24.3. The highest BCUT2D eigenvalue weighted by atomic mass is 16.5. The van der Waals surface area contributed by atoms with Crippen molar-refractivity contribution in [2.24, 2.45) is 0 Å². The van der Waals surface area contributed by atoms with Gasteiger partial charge in [0.25, 0.3) is 5.91 Å². The van der Waals surface area contributed by atoms with Crippen LogP contribution in [0.15, 0.2) is 75.8 Å². The summed E-state index contributed by atoms with van der Waals surface area (Å²) in [6.07, 6.45) is 1.72. The van der Waals surface area contributed by atoms with Crippen LogP contribution in [-0.2, 0) is 11.2 Å². The molecule has 2 heterocycles. The van der Waals surface area contributed by atoms with E-state index >= 15 is 0 Å². The Bertz CT molecular complexity index is 1170. The van der Waals surface area contributed by atoms with E-state index in [0.29, 0.717) is 16.7 Å². The van der Waals surface area contributed by atoms with Crippen molar-refractivity contribution in [1.82, 2.24) is 5.32 Å². The molecule has 2 aromatic carbocycles. The van der Waals surface area contributed by atoms with Crippen molar-refractivity contribution in [3.63, 3.8) is 0 Å². The first-order valence-electron chi connectivity index (χ1n) is 9.27. The summed E-state index contributed by atoms with van der Waals surface area (Å²) >= 11 is 0. The molecule has 2 N–H and O–H groups in total. The second-order valence-corrected chi connectivity index (χ2v) is 6.76. The Morgan fingerprint density at radius 2 is 1.90 bits per heavy atom. The van der Waals surface area contributed by atoms with Gasteiger partial charge >= 0.3 is 5.97 Å². The predicted octanol–water partition coefficient (Wildman–Crippen LogP) is 4.13. The summed E-state index contributed by atoms with van der Waals surface area (Å²) in [5.41, 5.74) is 2.17. The molecule has 152 valence electrons. The van der Waals surface area contributed by atoms with Crippen molar-refractivity contribution < 1.29 is 28.3 Å². The van der Waals surface area contributed by atoms with E-state index in [1.54, 1.807) is 43.7 Å². The summed E-state index contributed by atoms with van der Waals surface area (Å²) < 4.78 is 16.1. The Balaban J connectivity index is 1.48. The van der Waals surface area contributed by atoms with Crippen molar-refractivity contribution >= 4 is 22.8 Å². The van der Waals surface area contributed by atoms with Gasteiger partial charge in [0.15, 0.2) is 5.76 Å². The van der Waals surface area contributed by atoms with E-state index in [9.17, 15) is 14.7 Å². The number of fused-ring (bicyclic) bond motifs is 1. The second kappa shape index (κ2) is 8.16. The van der Waals surface area contributed by atoms with Gasteiger partial charge in [-0.05, 0) is 42.0 Å². The molecule has 0 aliphatic heterocycles. The molecule has 1 amide bonds. The van der Waals surface area contributed by atoms with Crippen molar-refractivity contribution in [2.75, 3.05) is 7.11 Å². The predicted molar refractivity (Wildman–Crippen MR) is 110 cm³/mol. The summed E-state index contributed by atoms with van der Waals surface area (Å²) in [7, 11) is 1.55. The van der Waals surface area contributed by atoms with Gasteiger partial charge in [-0.15, -0.1) is 0 Å². The van der Waals surface area contributed by atoms with Gasteiger partial charge in [-0.3, -0.25) is 4.79 Å². The molecule has 0 aliphatic carbocycles. The zero-order valence-corrected chi connectivity index (χ0v) is 16.1. The molecule has 0 fully saturated rings. The third kappa shape index (κ3) is 4.05. The van der Waals surface area contributed by atoms with Crippen molar-refractivity contribution in [3.05, 3.63) is 78.3 Å². The van der Waals surface area contributed by atoms with Gasteiger partial charge in [0.2, 0.25) is 0 Å². The molecule has 0 spiro atoms. The van der Waals surface area contributed by atoms with Gasteiger partial charge < -0.3 is 24.0 Å². The summed E-state index contributed by atoms with van der Waals surface area (Å²) in [6, 6.07) is 16.6. The average molecular weight is 405 g/mol. The summed E-state index contributed by atoms with van der Waals surface area (Å²) in [5, 5.41) is 12.8. The summed E-state index contributed by atoms with van der Waals surface area (Å²) in [6.45, 7) is 0. The number of amides is 1. The number of carbonyl (C=O) groups excluding carboxylic acids is 1. The molecule has 4 rings (SSSR count). The first-order valence-corrected chi connectivity index (χ1v) is 9.27. The topological polar surface area (TPSA) is 102 Å². The lowest BCUT2D eigenvalue weighted by atomic mass is 10.0. The number of furan rings is 2. The minimum atomic E-state index is -1.13. The largest absolute Gasteiger partial charge is 0.497 e. The Labute approximate surface area is 171 Å². The van der Waals surface area contributed by atoms with Crippen LogP contribution in [-0.4, -0.2) is 30.1 Å². The number of ether oxygens (including phenoxy) is 1. The van der Waals surface area contributed by atoms with E-state index in [1.807, 2.05) is 30.3 Å². The molecular weight excluding hydrogens is 386 g/mol. The maximum Gasteiger partial charge on any atom is 0.326 e. The lowest BCUT2D eigenvalue weighted by molar-refractivity contribution is -0.139. The summed E-state index contributed by atoms with van der Waals surface area (Å²) in [5.74, 6) is -0.318. The van der Waals surface area contributed by atoms with Gasteiger partial charge in [-0.25, -0.2) is 4.79 Å². The number of rotatable bonds is 7. The number of benzene rings is 2. The highest BCUT2D eigenvalue weighted by Crippen LogP contribution is 2.24. The monoisotopic (exact) mass is 405 g/mol. The standard InChI is InChI=1S/C23H19NO6/c1-28-17-8-9-20-16(12-17)13-21(30-20)22(25)24-18(23(26)27)11-14-4-6-15(7-5-14)19-3-2-10-29-19/h2-10,12-13,18H,11H2,1H3,(H,24,25)(H,26,27). The Morgan fingerprint density at radius 3 is 2.57 bits per heavy atom. The number of carbonyl (C=O) groups is 2. The molecule has 30 heavy (non-hydrogen) atoms. The van der Waals surface area contributed by atoms with Crippen LogP contribution in [0.5, 0.6) is 5.75 Å². The lowest BCUT2D eigenvalue weighted by Gasteiger charge is -2.14. The Hall–Kier alpha value is -4.00. The number of hydrogen-bond acceptors (Lipinski definition) is 5. The first-order chi connectivity index (χ1) is 14.5. The first kappa shape index (κ1) is 19.3. The fourth-order valence-electron chi connectivity index (χ4n) is 3.17. The fourth-order valence-corrected chi connectivity index (χ4v) is 3.17. The van der Waals surface area contributed by atoms with E-state index in [4.69, 9.17) is 13.6 Å². The molecule has 0 aliphatic rings. The number of carboxylic acid groups (broad SMARTS) is 1. The molecule has 1 unspecified atom stereocenters. The number of aliphatic carboxylic acids is 1. The van der Waals surface area contributed by atoms with E-state index in [-0.39, 0.29) is 12.2 Å². The van der Waals surface area contributed by atoms with Crippen molar-refractivity contribution in [3.8, 4) is 17.1 Å². The number of nitrogens with one attached hydrogen (secondary N) is 1. The fraction of sp³-hybridized carbons (Fsp3) is 0.130. The molecule has 1 atom stereocenters. The molecule has 7 heteroatoms. The van der Waals surface area contributed by atoms with E-state index in [0.717, 1.165) is 16.9 Å². The van der Waals surface area contributed by atoms with Crippen LogP contribution in [0.1, 0.15) is 16.1 Å². The second-order valence-electron chi connectivity index (χ2n) is 6.76. The zero-order valence-electron chi connectivity index (χ0n) is 16.1. The molecule has 0 bridgehead atoms. The van der Waals surface area contributed by atoms with Crippen molar-refractivity contribution in [2.45, 2.75) is 12.5 Å². The minimum Gasteiger partial charge on any atom is -0.497 e. The minimum absolute atomic E-state index is 0.0395. The highest BCUT2D eigenvalue weighted by molar-refractivity contribution is 5.98. The van der Waals surface area contributed by atoms with Crippen LogP contribution >= 0.6 is 0 Å². The van der Waals surface area contributed by atoms with E-state index in [1.165, 1.54) is 0 Å². The van der Waals surface area contributed by atoms with E-state index < -0.39 is 17.9 Å². The van der Waals surface area contributed by atoms with Gasteiger partial charge in [-0.2, -0.15) is 0 Å². The molecule has 0 saturated heterocycles. The van der Waals surface area contributed by atoms with E-state index in [2.05, 4.69) is 5.32 Å². The van der Waals surface area contributed by atoms with Gasteiger partial charge in [-0.1, -0.05) is 24.3 Å². The average Bonchev–Trinajstić information content (AvgIpc) is 3.43. The van der Waals surface area contributed by atoms with Crippen LogP contribution < -0.4 is 10.1 Å². The normalized spacial score (nSPS) is 11.9. The van der Waals surface area contributed by atoms with Crippen molar-refractivity contribution in [1.29, 1.82) is 0 Å². The maximum atomic E-state index is 12.6. The SMILES string of the molecule is COc1ccc2oc(C(=O)NC(Cc3ccc(-c4ccco4)cc3)C(=O)O)cc2c1. The number of hydrogen-bond donors (Lipinski definition) is 2. The number of carboxylic acids is 1. The van der Waals surface area contributed by atoms with Gasteiger partial charge in [0.05, 0.1) is 13.4 Å². The third-order valence-corrected chi connectivity index (χ3v) is 4.75. The van der Waals surface area contributed by atoms with Crippen LogP contribution in [0.4, 0.5) is 0 Å². The smallest absolute Gasteiger partial charge is 0.326 e. The Morgan fingerprint density at radius 1 is 1.10 bits per heavy atom. The zero-order chi connectivity index (χ0) is 21.1. The van der Waals surface area contributed by atoms with Crippen LogP contribution in [0.25, 0.3) is 22.3 Å². The van der Waals surface area contributed by atoms with Gasteiger partial charge in [0.1, 0.15) is 23.1 Å². The van der Waals surface area contributed by atoms with Crippen LogP contribution in [0.2, 0.25) is 0 Å². The molecular formula is C23H19NO6. The molecule has 0 saturated carbocycles. The quantitative estimate of drug-likeness (QED) is 0.479.